The van der Waals surface area contributed by atoms with Gasteiger partial charge in [0.25, 0.3) is 0 Å². The van der Waals surface area contributed by atoms with Gasteiger partial charge in [-0.25, -0.2) is 4.79 Å². The van der Waals surface area contributed by atoms with Crippen LogP contribution >= 0.6 is 0 Å². The SMILES string of the molecule is CCCC1=C([C@H](O)CC/C(=C/c2ccc(O)cc2)c2ccccn2)[C@H](CO)[C@@H]2C(=O)N(C(=O)OC)C(=O)[C@@H]2C1. The molecular formula is C30H34N2O7. The summed E-state index contributed by atoms with van der Waals surface area (Å²) < 4.78 is 4.65. The van der Waals surface area contributed by atoms with Crippen LogP contribution in [0.15, 0.2) is 59.8 Å². The highest BCUT2D eigenvalue weighted by Gasteiger charge is 2.57. The Bertz CT molecular complexity index is 1270. The van der Waals surface area contributed by atoms with Crippen LogP contribution in [0.4, 0.5) is 4.79 Å². The lowest BCUT2D eigenvalue weighted by molar-refractivity contribution is -0.137. The summed E-state index contributed by atoms with van der Waals surface area (Å²) in [7, 11) is 1.11. The molecule has 39 heavy (non-hydrogen) atoms. The number of pyridine rings is 1. The number of carbonyl (C=O) groups excluding carboxylic acids is 3. The molecule has 2 aromatic rings. The number of nitrogens with zero attached hydrogens (tertiary/aromatic N) is 2. The number of carbonyl (C=O) groups is 3. The summed E-state index contributed by atoms with van der Waals surface area (Å²) in [6.45, 7) is 1.55. The van der Waals surface area contributed by atoms with Crippen LogP contribution in [0.3, 0.4) is 0 Å². The minimum Gasteiger partial charge on any atom is -0.508 e. The van der Waals surface area contributed by atoms with Crippen molar-refractivity contribution in [1.82, 2.24) is 9.88 Å². The highest BCUT2D eigenvalue weighted by molar-refractivity contribution is 6.16. The van der Waals surface area contributed by atoms with Gasteiger partial charge in [0, 0.05) is 12.1 Å². The topological polar surface area (TPSA) is 137 Å². The maximum atomic E-state index is 13.2. The number of likely N-dealkylation sites (tertiary alicyclic amines) is 1. The summed E-state index contributed by atoms with van der Waals surface area (Å²) in [4.78, 5) is 43.4. The van der Waals surface area contributed by atoms with Gasteiger partial charge in [0.1, 0.15) is 5.75 Å². The van der Waals surface area contributed by atoms with Crippen LogP contribution in [0.1, 0.15) is 50.3 Å². The fraction of sp³-hybridized carbons (Fsp3) is 0.400. The molecule has 1 aliphatic heterocycles. The van der Waals surface area contributed by atoms with E-state index in [2.05, 4.69) is 9.72 Å². The normalized spacial score (nSPS) is 22.2. The number of hydrogen-bond acceptors (Lipinski definition) is 8. The van der Waals surface area contributed by atoms with Gasteiger partial charge in [-0.1, -0.05) is 37.1 Å². The van der Waals surface area contributed by atoms with E-state index in [0.717, 1.165) is 35.9 Å². The third kappa shape index (κ3) is 5.79. The van der Waals surface area contributed by atoms with Crippen molar-refractivity contribution in [3.8, 4) is 5.75 Å². The number of allylic oxidation sites excluding steroid dienone is 2. The van der Waals surface area contributed by atoms with Gasteiger partial charge in [0.05, 0.1) is 37.4 Å². The molecule has 2 aliphatic rings. The molecule has 4 atom stereocenters. The number of benzene rings is 1. The van der Waals surface area contributed by atoms with Crippen molar-refractivity contribution in [2.45, 2.75) is 45.1 Å². The number of aromatic hydroxyl groups is 1. The van der Waals surface area contributed by atoms with E-state index in [0.29, 0.717) is 29.7 Å². The predicted molar refractivity (Wildman–Crippen MR) is 144 cm³/mol. The van der Waals surface area contributed by atoms with Crippen LogP contribution in [-0.4, -0.2) is 62.9 Å². The maximum absolute atomic E-state index is 13.2. The van der Waals surface area contributed by atoms with E-state index in [-0.39, 0.29) is 12.2 Å². The van der Waals surface area contributed by atoms with Gasteiger partial charge in [-0.3, -0.25) is 14.6 Å². The van der Waals surface area contributed by atoms with Crippen molar-refractivity contribution in [3.63, 3.8) is 0 Å². The molecule has 1 fully saturated rings. The third-order valence-electron chi connectivity index (χ3n) is 7.56. The minimum absolute atomic E-state index is 0.161. The molecule has 1 aromatic carbocycles. The fourth-order valence-electron chi connectivity index (χ4n) is 5.82. The van der Waals surface area contributed by atoms with Crippen molar-refractivity contribution in [3.05, 3.63) is 71.1 Å². The van der Waals surface area contributed by atoms with Crippen molar-refractivity contribution in [2.24, 2.45) is 17.8 Å². The van der Waals surface area contributed by atoms with E-state index in [1.54, 1.807) is 30.5 Å². The first-order valence-electron chi connectivity index (χ1n) is 13.2. The minimum atomic E-state index is -1.03. The van der Waals surface area contributed by atoms with E-state index in [1.165, 1.54) is 0 Å². The Balaban J connectivity index is 1.64. The molecule has 9 heteroatoms. The number of aromatic nitrogens is 1. The zero-order chi connectivity index (χ0) is 28.1. The Labute approximate surface area is 227 Å². The molecule has 0 radical (unpaired) electrons. The van der Waals surface area contributed by atoms with Crippen LogP contribution in [0.2, 0.25) is 0 Å². The summed E-state index contributed by atoms with van der Waals surface area (Å²) in [5, 5.41) is 31.6. The van der Waals surface area contributed by atoms with Gasteiger partial charge in [-0.2, -0.15) is 4.90 Å². The number of phenols is 1. The smallest absolute Gasteiger partial charge is 0.423 e. The van der Waals surface area contributed by atoms with Crippen LogP contribution in [0.5, 0.6) is 5.75 Å². The van der Waals surface area contributed by atoms with Crippen molar-refractivity contribution in [1.29, 1.82) is 0 Å². The first-order valence-corrected chi connectivity index (χ1v) is 13.2. The quantitative estimate of drug-likeness (QED) is 0.325. The van der Waals surface area contributed by atoms with Crippen molar-refractivity contribution in [2.75, 3.05) is 13.7 Å². The monoisotopic (exact) mass is 534 g/mol. The van der Waals surface area contributed by atoms with Crippen LogP contribution < -0.4 is 0 Å². The Morgan fingerprint density at radius 1 is 1.18 bits per heavy atom. The lowest BCUT2D eigenvalue weighted by Gasteiger charge is -2.36. The van der Waals surface area contributed by atoms with Gasteiger partial charge in [0.15, 0.2) is 0 Å². The van der Waals surface area contributed by atoms with Gasteiger partial charge in [-0.05, 0) is 72.7 Å². The fourth-order valence-corrected chi connectivity index (χ4v) is 5.82. The molecule has 0 bridgehead atoms. The second-order valence-electron chi connectivity index (χ2n) is 9.95. The molecule has 3 amide bonds. The number of aliphatic hydroxyl groups is 2. The first kappa shape index (κ1) is 28.2. The first-order chi connectivity index (χ1) is 18.8. The molecule has 9 nitrogen and oxygen atoms in total. The second kappa shape index (κ2) is 12.4. The Kier molecular flexibility index (Phi) is 8.93. The number of fused-ring (bicyclic) bond motifs is 1. The lowest BCUT2D eigenvalue weighted by Crippen LogP contribution is -2.40. The Hall–Kier alpha value is -3.82. The molecule has 0 saturated carbocycles. The molecule has 1 saturated heterocycles. The average Bonchev–Trinajstić information content (AvgIpc) is 3.20. The van der Waals surface area contributed by atoms with E-state index < -0.39 is 48.4 Å². The van der Waals surface area contributed by atoms with Crippen LogP contribution in [0, 0.1) is 17.8 Å². The third-order valence-corrected chi connectivity index (χ3v) is 7.56. The number of aliphatic hydroxyl groups excluding tert-OH is 2. The lowest BCUT2D eigenvalue weighted by atomic mass is 9.67. The maximum Gasteiger partial charge on any atom is 0.423 e. The summed E-state index contributed by atoms with van der Waals surface area (Å²) in [6.07, 6.45) is 3.96. The van der Waals surface area contributed by atoms with Gasteiger partial charge in [0.2, 0.25) is 11.8 Å². The Morgan fingerprint density at radius 2 is 1.92 bits per heavy atom. The number of imide groups is 3. The molecule has 3 N–H and O–H groups in total. The summed E-state index contributed by atoms with van der Waals surface area (Å²) in [5.41, 5.74) is 3.91. The highest BCUT2D eigenvalue weighted by Crippen LogP contribution is 2.47. The van der Waals surface area contributed by atoms with Gasteiger partial charge in [-0.15, -0.1) is 0 Å². The number of rotatable bonds is 9. The molecule has 1 aromatic heterocycles. The van der Waals surface area contributed by atoms with Crippen LogP contribution in [0.25, 0.3) is 11.6 Å². The molecule has 4 rings (SSSR count). The van der Waals surface area contributed by atoms with E-state index in [9.17, 15) is 29.7 Å². The second-order valence-corrected chi connectivity index (χ2v) is 9.95. The molecule has 1 aliphatic carbocycles. The number of amides is 3. The molecule has 206 valence electrons. The van der Waals surface area contributed by atoms with Crippen molar-refractivity contribution >= 4 is 29.6 Å². The Morgan fingerprint density at radius 3 is 2.54 bits per heavy atom. The van der Waals surface area contributed by atoms with E-state index in [1.807, 2.05) is 31.2 Å². The summed E-state index contributed by atoms with van der Waals surface area (Å²) in [6, 6.07) is 12.3. The molecule has 0 unspecified atom stereocenters. The van der Waals surface area contributed by atoms with Crippen molar-refractivity contribution < 1.29 is 34.4 Å². The molecular weight excluding hydrogens is 500 g/mol. The summed E-state index contributed by atoms with van der Waals surface area (Å²) >= 11 is 0. The van der Waals surface area contributed by atoms with Gasteiger partial charge < -0.3 is 20.1 Å². The number of ether oxygens (including phenoxy) is 1. The zero-order valence-corrected chi connectivity index (χ0v) is 22.1. The van der Waals surface area contributed by atoms with Crippen LogP contribution in [-0.2, 0) is 14.3 Å². The molecule has 0 spiro atoms. The largest absolute Gasteiger partial charge is 0.508 e. The zero-order valence-electron chi connectivity index (χ0n) is 22.1. The van der Waals surface area contributed by atoms with E-state index in [4.69, 9.17) is 0 Å². The van der Waals surface area contributed by atoms with E-state index >= 15 is 0 Å². The number of hydrogen-bond donors (Lipinski definition) is 3. The molecule has 2 heterocycles. The number of phenolic OH excluding ortho intramolecular Hbond substituents is 1. The predicted octanol–water partition coefficient (Wildman–Crippen LogP) is 3.95. The standard InChI is InChI=1S/C30H34N2O7/c1-3-6-20-16-22-27(29(37)32(28(22)36)30(38)39-2)23(17-33)26(20)25(35)13-10-19(24-7-4-5-14-31-24)15-18-8-11-21(34)12-9-18/h4-5,7-9,11-12,14-15,22-23,25,27,33-35H,3,6,10,13,16-17H2,1-2H3/b19-15-/t22-,23+,25-,27-/m1/s1. The van der Waals surface area contributed by atoms with Gasteiger partial charge >= 0.3 is 6.09 Å². The average molecular weight is 535 g/mol. The highest BCUT2D eigenvalue weighted by atomic mass is 16.5. The summed E-state index contributed by atoms with van der Waals surface area (Å²) in [5.74, 6) is -3.65. The number of methoxy groups -OCH3 is 1.